The van der Waals surface area contributed by atoms with E-state index in [-0.39, 0.29) is 5.43 Å². The third-order valence-corrected chi connectivity index (χ3v) is 4.40. The number of hydrogen-bond acceptors (Lipinski definition) is 4. The van der Waals surface area contributed by atoms with E-state index in [2.05, 4.69) is 27.6 Å². The Labute approximate surface area is 151 Å². The summed E-state index contributed by atoms with van der Waals surface area (Å²) in [5.74, 6) is 1.77. The third-order valence-electron chi connectivity index (χ3n) is 3.68. The minimum atomic E-state index is -0.0516. The molecule has 5 heteroatoms. The Morgan fingerprint density at radius 1 is 0.958 bits per heavy atom. The van der Waals surface area contributed by atoms with Crippen LogP contribution in [0.15, 0.2) is 74.4 Å². The first-order valence-corrected chi connectivity index (χ1v) is 8.49. The van der Waals surface area contributed by atoms with Gasteiger partial charge in [0.2, 0.25) is 5.89 Å². The van der Waals surface area contributed by atoms with Crippen LogP contribution in [0.25, 0.3) is 22.4 Å². The molecule has 2 aromatic carbocycles. The lowest BCUT2D eigenvalue weighted by molar-refractivity contribution is 0.490. The zero-order valence-corrected chi connectivity index (χ0v) is 14.7. The largest absolute Gasteiger partial charge is 0.460 e. The van der Waals surface area contributed by atoms with Gasteiger partial charge < -0.3 is 8.83 Å². The van der Waals surface area contributed by atoms with Gasteiger partial charge in [0, 0.05) is 15.2 Å². The molecule has 0 aliphatic heterocycles. The molecule has 0 atom stereocenters. The van der Waals surface area contributed by atoms with Crippen molar-refractivity contribution >= 4 is 33.6 Å². The number of aromatic nitrogens is 1. The number of halogens is 1. The van der Waals surface area contributed by atoms with E-state index in [1.165, 1.54) is 6.07 Å². The first kappa shape index (κ1) is 15.1. The highest BCUT2D eigenvalue weighted by atomic mass is 127. The molecule has 0 unspecified atom stereocenters. The van der Waals surface area contributed by atoms with Gasteiger partial charge >= 0.3 is 0 Å². The van der Waals surface area contributed by atoms with Crippen LogP contribution in [0.2, 0.25) is 0 Å². The molecule has 0 aliphatic carbocycles. The number of oxazole rings is 1. The number of rotatable bonds is 3. The van der Waals surface area contributed by atoms with Gasteiger partial charge in [-0.3, -0.25) is 4.79 Å². The Kier molecular flexibility index (Phi) is 3.93. The standard InChI is InChI=1S/C19H12INO3/c20-13-7-5-12(6-8-13)19-21-11-15(24-19)9-14-10-17(22)16-3-1-2-4-18(16)23-14/h1-8,10-11H,9H2. The molecule has 0 aliphatic rings. The van der Waals surface area contributed by atoms with Crippen molar-refractivity contribution in [1.29, 1.82) is 0 Å². The summed E-state index contributed by atoms with van der Waals surface area (Å²) in [6, 6.07) is 16.7. The maximum absolute atomic E-state index is 12.1. The lowest BCUT2D eigenvalue weighted by Gasteiger charge is -2.01. The first-order valence-electron chi connectivity index (χ1n) is 7.41. The van der Waals surface area contributed by atoms with Crippen LogP contribution in [0.5, 0.6) is 0 Å². The third kappa shape index (κ3) is 2.99. The van der Waals surface area contributed by atoms with Crippen molar-refractivity contribution in [1.82, 2.24) is 4.98 Å². The van der Waals surface area contributed by atoms with Crippen LogP contribution in [0.1, 0.15) is 11.5 Å². The summed E-state index contributed by atoms with van der Waals surface area (Å²) in [6.45, 7) is 0. The Balaban J connectivity index is 1.64. The predicted octanol–water partition coefficient (Wildman–Crippen LogP) is 4.64. The Bertz CT molecular complexity index is 1060. The summed E-state index contributed by atoms with van der Waals surface area (Å²) >= 11 is 2.25. The second kappa shape index (κ2) is 6.24. The Morgan fingerprint density at radius 3 is 2.58 bits per heavy atom. The van der Waals surface area contributed by atoms with E-state index >= 15 is 0 Å². The number of para-hydroxylation sites is 1. The first-order chi connectivity index (χ1) is 11.7. The number of hydrogen-bond donors (Lipinski definition) is 0. The molecule has 2 heterocycles. The van der Waals surface area contributed by atoms with Crippen molar-refractivity contribution in [3.05, 3.63) is 86.1 Å². The van der Waals surface area contributed by atoms with Crippen LogP contribution in [-0.2, 0) is 6.42 Å². The fourth-order valence-corrected chi connectivity index (χ4v) is 2.89. The van der Waals surface area contributed by atoms with Crippen LogP contribution >= 0.6 is 22.6 Å². The van der Waals surface area contributed by atoms with Crippen molar-refractivity contribution < 1.29 is 8.83 Å². The average Bonchev–Trinajstić information content (AvgIpc) is 3.04. The van der Waals surface area contributed by atoms with Gasteiger partial charge in [-0.1, -0.05) is 12.1 Å². The molecule has 4 nitrogen and oxygen atoms in total. The summed E-state index contributed by atoms with van der Waals surface area (Å²) in [6.07, 6.45) is 2.06. The molecular formula is C19H12INO3. The van der Waals surface area contributed by atoms with Crippen molar-refractivity contribution in [2.75, 3.05) is 0 Å². The van der Waals surface area contributed by atoms with Crippen LogP contribution in [-0.4, -0.2) is 4.98 Å². The van der Waals surface area contributed by atoms with Gasteiger partial charge in [-0.25, -0.2) is 4.98 Å². The van der Waals surface area contributed by atoms with Crippen LogP contribution in [0, 0.1) is 3.57 Å². The van der Waals surface area contributed by atoms with E-state index in [4.69, 9.17) is 8.83 Å². The highest BCUT2D eigenvalue weighted by Gasteiger charge is 2.10. The zero-order chi connectivity index (χ0) is 16.5. The molecular weight excluding hydrogens is 417 g/mol. The van der Waals surface area contributed by atoms with Gasteiger partial charge in [0.15, 0.2) is 5.43 Å². The Hall–Kier alpha value is -2.41. The molecule has 4 rings (SSSR count). The molecule has 0 amide bonds. The molecule has 24 heavy (non-hydrogen) atoms. The van der Waals surface area contributed by atoms with Gasteiger partial charge in [0.1, 0.15) is 17.1 Å². The monoisotopic (exact) mass is 429 g/mol. The highest BCUT2D eigenvalue weighted by molar-refractivity contribution is 14.1. The summed E-state index contributed by atoms with van der Waals surface area (Å²) in [5.41, 5.74) is 1.45. The second-order valence-corrected chi connectivity index (χ2v) is 6.63. The van der Waals surface area contributed by atoms with Gasteiger partial charge in [0.25, 0.3) is 0 Å². The SMILES string of the molecule is O=c1cc(Cc2cnc(-c3ccc(I)cc3)o2)oc2ccccc12. The topological polar surface area (TPSA) is 56.2 Å². The quantitative estimate of drug-likeness (QED) is 0.446. The average molecular weight is 429 g/mol. The maximum atomic E-state index is 12.1. The summed E-state index contributed by atoms with van der Waals surface area (Å²) in [5, 5.41) is 0.582. The van der Waals surface area contributed by atoms with Gasteiger partial charge in [0.05, 0.1) is 18.0 Å². The van der Waals surface area contributed by atoms with Crippen LogP contribution in [0.3, 0.4) is 0 Å². The second-order valence-electron chi connectivity index (χ2n) is 5.39. The minimum Gasteiger partial charge on any atom is -0.460 e. The molecule has 0 fully saturated rings. The zero-order valence-electron chi connectivity index (χ0n) is 12.5. The molecule has 0 saturated heterocycles. The number of benzene rings is 2. The molecule has 2 aromatic heterocycles. The number of fused-ring (bicyclic) bond motifs is 1. The van der Waals surface area contributed by atoms with Crippen LogP contribution < -0.4 is 5.43 Å². The van der Waals surface area contributed by atoms with E-state index in [0.717, 1.165) is 9.13 Å². The van der Waals surface area contributed by atoms with Crippen molar-refractivity contribution in [3.8, 4) is 11.5 Å². The van der Waals surface area contributed by atoms with Crippen molar-refractivity contribution in [2.45, 2.75) is 6.42 Å². The van der Waals surface area contributed by atoms with E-state index in [1.807, 2.05) is 36.4 Å². The summed E-state index contributed by atoms with van der Waals surface area (Å²) in [4.78, 5) is 16.4. The smallest absolute Gasteiger partial charge is 0.226 e. The fraction of sp³-hybridized carbons (Fsp3) is 0.0526. The van der Waals surface area contributed by atoms with E-state index in [9.17, 15) is 4.79 Å². The van der Waals surface area contributed by atoms with Gasteiger partial charge in [-0.15, -0.1) is 0 Å². The van der Waals surface area contributed by atoms with E-state index < -0.39 is 0 Å². The molecule has 0 N–H and O–H groups in total. The summed E-state index contributed by atoms with van der Waals surface area (Å²) < 4.78 is 12.7. The Morgan fingerprint density at radius 2 is 1.75 bits per heavy atom. The van der Waals surface area contributed by atoms with E-state index in [0.29, 0.717) is 34.8 Å². The lowest BCUT2D eigenvalue weighted by Crippen LogP contribution is -2.02. The van der Waals surface area contributed by atoms with Gasteiger partial charge in [-0.2, -0.15) is 0 Å². The van der Waals surface area contributed by atoms with E-state index in [1.54, 1.807) is 18.3 Å². The molecule has 4 aromatic rings. The lowest BCUT2D eigenvalue weighted by atomic mass is 10.2. The van der Waals surface area contributed by atoms with Crippen molar-refractivity contribution in [2.24, 2.45) is 0 Å². The molecule has 0 saturated carbocycles. The fourth-order valence-electron chi connectivity index (χ4n) is 2.53. The maximum Gasteiger partial charge on any atom is 0.226 e. The molecule has 0 radical (unpaired) electrons. The normalized spacial score (nSPS) is 11.0. The molecule has 0 bridgehead atoms. The van der Waals surface area contributed by atoms with Crippen molar-refractivity contribution in [3.63, 3.8) is 0 Å². The molecule has 0 spiro atoms. The highest BCUT2D eigenvalue weighted by Crippen LogP contribution is 2.22. The minimum absolute atomic E-state index is 0.0516. The number of nitrogens with zero attached hydrogens (tertiary/aromatic N) is 1. The molecule has 118 valence electrons. The van der Waals surface area contributed by atoms with Crippen LogP contribution in [0.4, 0.5) is 0 Å². The summed E-state index contributed by atoms with van der Waals surface area (Å²) in [7, 11) is 0. The predicted molar refractivity (Wildman–Crippen MR) is 99.9 cm³/mol. The van der Waals surface area contributed by atoms with Gasteiger partial charge in [-0.05, 0) is 59.0 Å².